The Morgan fingerprint density at radius 2 is 2.06 bits per heavy atom. The van der Waals surface area contributed by atoms with Crippen LogP contribution >= 0.6 is 23.2 Å². The van der Waals surface area contributed by atoms with Gasteiger partial charge in [-0.05, 0) is 18.2 Å². The lowest BCUT2D eigenvalue weighted by Gasteiger charge is -2.27. The van der Waals surface area contributed by atoms with Crippen LogP contribution in [0, 0.1) is 0 Å². The lowest BCUT2D eigenvalue weighted by atomic mass is 10.3. The molecule has 0 aliphatic carbocycles. The van der Waals surface area contributed by atoms with E-state index in [4.69, 9.17) is 27.9 Å². The molecule has 0 saturated carbocycles. The predicted octanol–water partition coefficient (Wildman–Crippen LogP) is 2.26. The second-order valence-electron chi connectivity index (χ2n) is 3.97. The van der Waals surface area contributed by atoms with E-state index >= 15 is 0 Å². The van der Waals surface area contributed by atoms with Gasteiger partial charge in [-0.25, -0.2) is 0 Å². The summed E-state index contributed by atoms with van der Waals surface area (Å²) in [5.74, 6) is 0.0364. The van der Waals surface area contributed by atoms with Crippen LogP contribution in [0.4, 0.5) is 5.69 Å². The molecule has 1 aliphatic heterocycles. The van der Waals surface area contributed by atoms with Crippen LogP contribution in [0.5, 0.6) is 0 Å². The fourth-order valence-electron chi connectivity index (χ4n) is 1.73. The lowest BCUT2D eigenvalue weighted by Crippen LogP contribution is -2.43. The van der Waals surface area contributed by atoms with Gasteiger partial charge in [-0.3, -0.25) is 4.79 Å². The molecule has 1 heterocycles. The lowest BCUT2D eigenvalue weighted by molar-refractivity contribution is -0.133. The van der Waals surface area contributed by atoms with E-state index in [1.807, 2.05) is 0 Å². The average molecular weight is 289 g/mol. The second-order valence-corrected chi connectivity index (χ2v) is 4.81. The minimum atomic E-state index is 0.0364. The van der Waals surface area contributed by atoms with Gasteiger partial charge in [-0.2, -0.15) is 0 Å². The van der Waals surface area contributed by atoms with E-state index in [9.17, 15) is 4.79 Å². The van der Waals surface area contributed by atoms with E-state index < -0.39 is 0 Å². The number of ether oxygens (including phenoxy) is 1. The molecular weight excluding hydrogens is 275 g/mol. The Bertz CT molecular complexity index is 434. The fourth-order valence-corrected chi connectivity index (χ4v) is 2.08. The zero-order chi connectivity index (χ0) is 13.0. The maximum Gasteiger partial charge on any atom is 0.242 e. The minimum Gasteiger partial charge on any atom is -0.378 e. The van der Waals surface area contributed by atoms with Crippen molar-refractivity contribution in [3.05, 3.63) is 28.2 Å². The largest absolute Gasteiger partial charge is 0.378 e. The number of carbonyl (C=O) groups is 1. The van der Waals surface area contributed by atoms with Crippen molar-refractivity contribution in [2.45, 2.75) is 0 Å². The highest BCUT2D eigenvalue weighted by Gasteiger charge is 2.16. The molecule has 1 aromatic carbocycles. The number of hydrogen-bond donors (Lipinski definition) is 1. The van der Waals surface area contributed by atoms with Crippen molar-refractivity contribution >= 4 is 34.8 Å². The minimum absolute atomic E-state index is 0.0364. The van der Waals surface area contributed by atoms with E-state index in [0.29, 0.717) is 42.0 Å². The van der Waals surface area contributed by atoms with Crippen LogP contribution in [0.1, 0.15) is 0 Å². The first-order valence-corrected chi connectivity index (χ1v) is 6.47. The van der Waals surface area contributed by atoms with Gasteiger partial charge in [0.25, 0.3) is 0 Å². The van der Waals surface area contributed by atoms with Crippen LogP contribution < -0.4 is 5.32 Å². The zero-order valence-corrected chi connectivity index (χ0v) is 11.3. The number of halogens is 2. The zero-order valence-electron chi connectivity index (χ0n) is 9.79. The first-order valence-electron chi connectivity index (χ1n) is 5.71. The second kappa shape index (κ2) is 6.27. The monoisotopic (exact) mass is 288 g/mol. The molecule has 0 spiro atoms. The molecule has 0 bridgehead atoms. The first-order chi connectivity index (χ1) is 8.66. The van der Waals surface area contributed by atoms with Gasteiger partial charge in [0.1, 0.15) is 0 Å². The van der Waals surface area contributed by atoms with E-state index in [1.54, 1.807) is 23.1 Å². The summed E-state index contributed by atoms with van der Waals surface area (Å²) in [7, 11) is 0. The summed E-state index contributed by atoms with van der Waals surface area (Å²) in [6, 6.07) is 5.11. The highest BCUT2D eigenvalue weighted by Crippen LogP contribution is 2.25. The molecule has 0 aromatic heterocycles. The first kappa shape index (κ1) is 13.5. The third-order valence-electron chi connectivity index (χ3n) is 2.72. The Morgan fingerprint density at radius 3 is 2.78 bits per heavy atom. The number of benzene rings is 1. The summed E-state index contributed by atoms with van der Waals surface area (Å²) >= 11 is 11.9. The highest BCUT2D eigenvalue weighted by molar-refractivity contribution is 6.35. The highest BCUT2D eigenvalue weighted by atomic mass is 35.5. The average Bonchev–Trinajstić information content (AvgIpc) is 2.40. The smallest absolute Gasteiger partial charge is 0.242 e. The van der Waals surface area contributed by atoms with Gasteiger partial charge in [0.05, 0.1) is 30.5 Å². The van der Waals surface area contributed by atoms with Crippen molar-refractivity contribution in [2.24, 2.45) is 0 Å². The molecule has 2 rings (SSSR count). The molecule has 1 amide bonds. The molecule has 1 fully saturated rings. The number of anilines is 1. The molecule has 0 atom stereocenters. The topological polar surface area (TPSA) is 41.6 Å². The maximum absolute atomic E-state index is 11.9. The van der Waals surface area contributed by atoms with Gasteiger partial charge < -0.3 is 15.0 Å². The van der Waals surface area contributed by atoms with Crippen molar-refractivity contribution in [3.8, 4) is 0 Å². The maximum atomic E-state index is 11.9. The Balaban J connectivity index is 1.90. The number of amides is 1. The van der Waals surface area contributed by atoms with Gasteiger partial charge in [-0.15, -0.1) is 0 Å². The predicted molar refractivity (Wildman–Crippen MR) is 72.4 cm³/mol. The molecule has 6 heteroatoms. The molecule has 1 saturated heterocycles. The van der Waals surface area contributed by atoms with Crippen LogP contribution in [0.25, 0.3) is 0 Å². The Morgan fingerprint density at radius 1 is 1.33 bits per heavy atom. The van der Waals surface area contributed by atoms with Crippen LogP contribution in [0.3, 0.4) is 0 Å². The Hall–Kier alpha value is -0.970. The summed E-state index contributed by atoms with van der Waals surface area (Å²) in [6.07, 6.45) is 0. The third kappa shape index (κ3) is 3.51. The van der Waals surface area contributed by atoms with Gasteiger partial charge in [-0.1, -0.05) is 23.2 Å². The SMILES string of the molecule is O=C(CNc1cc(Cl)ccc1Cl)N1CCOCC1. The van der Waals surface area contributed by atoms with Crippen molar-refractivity contribution in [1.29, 1.82) is 0 Å². The number of hydrogen-bond acceptors (Lipinski definition) is 3. The number of morpholine rings is 1. The Labute approximate surface area is 116 Å². The van der Waals surface area contributed by atoms with Crippen LogP contribution in [0.2, 0.25) is 10.0 Å². The number of rotatable bonds is 3. The van der Waals surface area contributed by atoms with Gasteiger partial charge in [0.15, 0.2) is 0 Å². The molecule has 18 heavy (non-hydrogen) atoms. The molecular formula is C12H14Cl2N2O2. The summed E-state index contributed by atoms with van der Waals surface area (Å²) in [5.41, 5.74) is 0.672. The molecule has 1 aliphatic rings. The van der Waals surface area contributed by atoms with Crippen LogP contribution in [-0.4, -0.2) is 43.7 Å². The van der Waals surface area contributed by atoms with E-state index in [2.05, 4.69) is 5.32 Å². The number of nitrogens with zero attached hydrogens (tertiary/aromatic N) is 1. The van der Waals surface area contributed by atoms with E-state index in [1.165, 1.54) is 0 Å². The summed E-state index contributed by atoms with van der Waals surface area (Å²) < 4.78 is 5.19. The fraction of sp³-hybridized carbons (Fsp3) is 0.417. The third-order valence-corrected chi connectivity index (χ3v) is 3.29. The van der Waals surface area contributed by atoms with E-state index in [0.717, 1.165) is 0 Å². The van der Waals surface area contributed by atoms with Crippen LogP contribution in [0.15, 0.2) is 18.2 Å². The molecule has 4 nitrogen and oxygen atoms in total. The molecule has 1 aromatic rings. The molecule has 0 unspecified atom stereocenters. The van der Waals surface area contributed by atoms with Crippen molar-refractivity contribution in [1.82, 2.24) is 4.90 Å². The quantitative estimate of drug-likeness (QED) is 0.928. The van der Waals surface area contributed by atoms with Crippen molar-refractivity contribution in [2.75, 3.05) is 38.2 Å². The van der Waals surface area contributed by atoms with Gasteiger partial charge >= 0.3 is 0 Å². The van der Waals surface area contributed by atoms with Crippen molar-refractivity contribution < 1.29 is 9.53 Å². The molecule has 1 N–H and O–H groups in total. The Kier molecular flexibility index (Phi) is 4.69. The standard InChI is InChI=1S/C12H14Cl2N2O2/c13-9-1-2-10(14)11(7-9)15-8-12(17)16-3-5-18-6-4-16/h1-2,7,15H,3-6,8H2. The number of nitrogens with one attached hydrogen (secondary N) is 1. The summed E-state index contributed by atoms with van der Waals surface area (Å²) in [4.78, 5) is 13.7. The van der Waals surface area contributed by atoms with Gasteiger partial charge in [0, 0.05) is 18.1 Å². The molecule has 98 valence electrons. The van der Waals surface area contributed by atoms with E-state index in [-0.39, 0.29) is 12.5 Å². The van der Waals surface area contributed by atoms with Crippen LogP contribution in [-0.2, 0) is 9.53 Å². The summed E-state index contributed by atoms with van der Waals surface area (Å²) in [5, 5.41) is 4.14. The summed E-state index contributed by atoms with van der Waals surface area (Å²) in [6.45, 7) is 2.70. The molecule has 0 radical (unpaired) electrons. The normalized spacial score (nSPS) is 15.6. The number of carbonyl (C=O) groups excluding carboxylic acids is 1. The van der Waals surface area contributed by atoms with Crippen molar-refractivity contribution in [3.63, 3.8) is 0 Å². The van der Waals surface area contributed by atoms with Gasteiger partial charge in [0.2, 0.25) is 5.91 Å².